The first-order valence-electron chi connectivity index (χ1n) is 3.81. The van der Waals surface area contributed by atoms with Gasteiger partial charge in [0.25, 0.3) is 0 Å². The lowest BCUT2D eigenvalue weighted by molar-refractivity contribution is 0.112. The third kappa shape index (κ3) is 0.493. The number of hydrogen-bond donors (Lipinski definition) is 1. The lowest BCUT2D eigenvalue weighted by Crippen LogP contribution is -2.27. The van der Waals surface area contributed by atoms with Crippen molar-refractivity contribution in [3.05, 3.63) is 0 Å². The van der Waals surface area contributed by atoms with Crippen molar-refractivity contribution < 1.29 is 5.11 Å². The molecule has 0 radical (unpaired) electrons. The fourth-order valence-corrected chi connectivity index (χ4v) is 2.57. The minimum atomic E-state index is 0.0231. The third-order valence-corrected chi connectivity index (χ3v) is 3.55. The average Bonchev–Trinajstić information content (AvgIpc) is 1.99. The second-order valence-corrected chi connectivity index (χ2v) is 4.10. The summed E-state index contributed by atoms with van der Waals surface area (Å²) in [4.78, 5) is 0. The van der Waals surface area contributed by atoms with Crippen LogP contribution in [0.3, 0.4) is 0 Å². The second kappa shape index (κ2) is 1.34. The van der Waals surface area contributed by atoms with Crippen LogP contribution in [0.5, 0.6) is 0 Å². The number of fused-ring (bicyclic) bond motifs is 1. The van der Waals surface area contributed by atoms with E-state index in [1.165, 1.54) is 12.8 Å². The summed E-state index contributed by atoms with van der Waals surface area (Å²) >= 11 is 0. The van der Waals surface area contributed by atoms with Crippen molar-refractivity contribution in [2.45, 2.75) is 32.8 Å². The zero-order chi connectivity index (χ0) is 6.65. The molecule has 2 atom stereocenters. The third-order valence-electron chi connectivity index (χ3n) is 3.55. The minimum absolute atomic E-state index is 0.0231. The quantitative estimate of drug-likeness (QED) is 0.520. The average molecular weight is 126 g/mol. The van der Waals surface area contributed by atoms with E-state index in [2.05, 4.69) is 13.8 Å². The zero-order valence-electron chi connectivity index (χ0n) is 6.09. The summed E-state index contributed by atoms with van der Waals surface area (Å²) < 4.78 is 0. The Morgan fingerprint density at radius 2 is 2.00 bits per heavy atom. The van der Waals surface area contributed by atoms with Crippen molar-refractivity contribution >= 4 is 0 Å². The maximum atomic E-state index is 9.47. The molecule has 0 aromatic rings. The molecule has 1 N–H and O–H groups in total. The molecular weight excluding hydrogens is 112 g/mol. The van der Waals surface area contributed by atoms with Crippen LogP contribution in [0.4, 0.5) is 0 Å². The molecule has 0 amide bonds. The van der Waals surface area contributed by atoms with Crippen LogP contribution in [0, 0.1) is 17.3 Å². The summed E-state index contributed by atoms with van der Waals surface area (Å²) in [5.74, 6) is 1.22. The van der Waals surface area contributed by atoms with E-state index in [4.69, 9.17) is 0 Å². The maximum Gasteiger partial charge on any atom is 0.0599 e. The van der Waals surface area contributed by atoms with Gasteiger partial charge in [0.2, 0.25) is 0 Å². The number of aliphatic hydroxyl groups is 1. The molecule has 1 heteroatoms. The van der Waals surface area contributed by atoms with E-state index in [1.54, 1.807) is 0 Å². The smallest absolute Gasteiger partial charge is 0.0599 e. The van der Waals surface area contributed by atoms with Gasteiger partial charge in [-0.05, 0) is 30.1 Å². The SMILES string of the molecule is CC1C(O)C2CC1(C)C2. The van der Waals surface area contributed by atoms with Crippen molar-refractivity contribution in [1.82, 2.24) is 0 Å². The van der Waals surface area contributed by atoms with Crippen LogP contribution in [0.2, 0.25) is 0 Å². The van der Waals surface area contributed by atoms with Gasteiger partial charge in [0, 0.05) is 0 Å². The van der Waals surface area contributed by atoms with Gasteiger partial charge in [-0.15, -0.1) is 0 Å². The van der Waals surface area contributed by atoms with Gasteiger partial charge in [0.15, 0.2) is 0 Å². The Kier molecular flexibility index (Phi) is 0.852. The van der Waals surface area contributed by atoms with Crippen LogP contribution >= 0.6 is 0 Å². The second-order valence-electron chi connectivity index (χ2n) is 4.10. The fraction of sp³-hybridized carbons (Fsp3) is 1.00. The standard InChI is InChI=1S/C8H14O/c1-5-7(9)6-3-8(5,2)4-6/h5-7,9H,3-4H2,1-2H3. The number of aliphatic hydroxyl groups excluding tert-OH is 1. The lowest BCUT2D eigenvalue weighted by Gasteiger charge is -2.36. The monoisotopic (exact) mass is 126 g/mol. The maximum absolute atomic E-state index is 9.47. The molecule has 0 aliphatic heterocycles. The van der Waals surface area contributed by atoms with Gasteiger partial charge >= 0.3 is 0 Å². The highest BCUT2D eigenvalue weighted by Crippen LogP contribution is 2.61. The molecule has 2 bridgehead atoms. The highest BCUT2D eigenvalue weighted by Gasteiger charge is 2.57. The van der Waals surface area contributed by atoms with Crippen LogP contribution in [0.15, 0.2) is 0 Å². The van der Waals surface area contributed by atoms with Crippen LogP contribution < -0.4 is 0 Å². The molecule has 3 fully saturated rings. The van der Waals surface area contributed by atoms with Crippen LogP contribution in [-0.2, 0) is 0 Å². The lowest BCUT2D eigenvalue weighted by atomic mass is 9.69. The Morgan fingerprint density at radius 3 is 2.11 bits per heavy atom. The van der Waals surface area contributed by atoms with E-state index in [1.807, 2.05) is 0 Å². The molecule has 52 valence electrons. The molecule has 0 aromatic carbocycles. The van der Waals surface area contributed by atoms with Crippen molar-refractivity contribution in [1.29, 1.82) is 0 Å². The van der Waals surface area contributed by atoms with E-state index in [9.17, 15) is 5.11 Å². The Labute approximate surface area is 56.1 Å². The molecule has 3 aliphatic carbocycles. The summed E-state index contributed by atoms with van der Waals surface area (Å²) in [5.41, 5.74) is 0.518. The zero-order valence-corrected chi connectivity index (χ0v) is 6.09. The van der Waals surface area contributed by atoms with Gasteiger partial charge in [-0.2, -0.15) is 0 Å². The topological polar surface area (TPSA) is 20.2 Å². The van der Waals surface area contributed by atoms with Gasteiger partial charge in [-0.3, -0.25) is 0 Å². The van der Waals surface area contributed by atoms with Crippen molar-refractivity contribution in [2.24, 2.45) is 17.3 Å². The largest absolute Gasteiger partial charge is 0.393 e. The first-order valence-corrected chi connectivity index (χ1v) is 3.81. The number of rotatable bonds is 0. The van der Waals surface area contributed by atoms with E-state index in [-0.39, 0.29) is 6.10 Å². The van der Waals surface area contributed by atoms with Crippen LogP contribution in [0.1, 0.15) is 26.7 Å². The first kappa shape index (κ1) is 5.72. The van der Waals surface area contributed by atoms with Gasteiger partial charge in [0.05, 0.1) is 6.10 Å². The number of hydrogen-bond acceptors (Lipinski definition) is 1. The summed E-state index contributed by atoms with van der Waals surface area (Å²) in [6.45, 7) is 4.47. The summed E-state index contributed by atoms with van der Waals surface area (Å²) in [7, 11) is 0. The first-order chi connectivity index (χ1) is 4.13. The molecule has 0 spiro atoms. The highest BCUT2D eigenvalue weighted by atomic mass is 16.3. The molecular formula is C8H14O. The normalized spacial score (nSPS) is 63.7. The molecule has 3 saturated carbocycles. The summed E-state index contributed by atoms with van der Waals surface area (Å²) in [6.07, 6.45) is 2.57. The van der Waals surface area contributed by atoms with E-state index < -0.39 is 0 Å². The molecule has 3 rings (SSSR count). The van der Waals surface area contributed by atoms with E-state index >= 15 is 0 Å². The van der Waals surface area contributed by atoms with Crippen molar-refractivity contribution in [3.8, 4) is 0 Å². The fourth-order valence-electron chi connectivity index (χ4n) is 2.57. The van der Waals surface area contributed by atoms with Gasteiger partial charge in [-0.1, -0.05) is 13.8 Å². The Morgan fingerprint density at radius 1 is 1.44 bits per heavy atom. The van der Waals surface area contributed by atoms with Crippen LogP contribution in [-0.4, -0.2) is 11.2 Å². The van der Waals surface area contributed by atoms with E-state index in [0.717, 1.165) is 0 Å². The Balaban J connectivity index is 2.23. The van der Waals surface area contributed by atoms with E-state index in [0.29, 0.717) is 17.3 Å². The molecule has 0 heterocycles. The molecule has 9 heavy (non-hydrogen) atoms. The predicted molar refractivity (Wildman–Crippen MR) is 36.0 cm³/mol. The summed E-state index contributed by atoms with van der Waals surface area (Å²) in [5, 5.41) is 9.47. The molecule has 3 aliphatic rings. The molecule has 0 saturated heterocycles. The highest BCUT2D eigenvalue weighted by molar-refractivity contribution is 5.07. The predicted octanol–water partition coefficient (Wildman–Crippen LogP) is 1.41. The summed E-state index contributed by atoms with van der Waals surface area (Å²) in [6, 6.07) is 0. The van der Waals surface area contributed by atoms with Crippen molar-refractivity contribution in [2.75, 3.05) is 0 Å². The van der Waals surface area contributed by atoms with Crippen molar-refractivity contribution in [3.63, 3.8) is 0 Å². The molecule has 2 unspecified atom stereocenters. The Hall–Kier alpha value is -0.0400. The molecule has 0 aromatic heterocycles. The van der Waals surface area contributed by atoms with Gasteiger partial charge in [-0.25, -0.2) is 0 Å². The molecule has 1 nitrogen and oxygen atoms in total. The van der Waals surface area contributed by atoms with Crippen LogP contribution in [0.25, 0.3) is 0 Å². The van der Waals surface area contributed by atoms with Gasteiger partial charge in [0.1, 0.15) is 0 Å². The Bertz CT molecular complexity index is 136. The minimum Gasteiger partial charge on any atom is -0.393 e. The van der Waals surface area contributed by atoms with Gasteiger partial charge < -0.3 is 5.11 Å².